The number of phenolic OH excluding ortho intramolecular Hbond substituents is 1. The molecule has 0 saturated carbocycles. The van der Waals surface area contributed by atoms with Crippen LogP contribution in [-0.4, -0.2) is 42.7 Å². The van der Waals surface area contributed by atoms with Crippen molar-refractivity contribution in [1.82, 2.24) is 0 Å². The standard InChI is InChI=1S/C27H26N2O7S/c1-33-23-12-9-19(15-22(23)30)26(36-27(32)29-20-10-7-18(16-28)8-11-20)24(13-14-34-25(31)17-37)35-21-5-3-2-4-6-21/h2-12,15,24,26,30,37H,13-14,17H2,1H3,(H,29,32)/t24-,26-/m1/s1. The van der Waals surface area contributed by atoms with Crippen LogP contribution in [0.5, 0.6) is 17.2 Å². The van der Waals surface area contributed by atoms with Gasteiger partial charge in [0.1, 0.15) is 11.9 Å². The van der Waals surface area contributed by atoms with E-state index in [4.69, 9.17) is 24.2 Å². The number of aromatic hydroxyl groups is 1. The van der Waals surface area contributed by atoms with Gasteiger partial charge in [0.15, 0.2) is 17.6 Å². The molecule has 2 atom stereocenters. The third kappa shape index (κ3) is 8.08. The van der Waals surface area contributed by atoms with Crippen LogP contribution in [0, 0.1) is 11.3 Å². The molecule has 0 bridgehead atoms. The SMILES string of the molecule is COc1ccc([C@@H](OC(=O)Nc2ccc(C#N)cc2)[C@@H](CCOC(=O)CS)Oc2ccccc2)cc1O. The number of methoxy groups -OCH3 is 1. The van der Waals surface area contributed by atoms with Gasteiger partial charge < -0.3 is 24.1 Å². The molecule has 0 aromatic heterocycles. The highest BCUT2D eigenvalue weighted by molar-refractivity contribution is 7.81. The summed E-state index contributed by atoms with van der Waals surface area (Å²) in [6.45, 7) is -0.0177. The quantitative estimate of drug-likeness (QED) is 0.240. The van der Waals surface area contributed by atoms with E-state index in [-0.39, 0.29) is 30.3 Å². The minimum Gasteiger partial charge on any atom is -0.504 e. The smallest absolute Gasteiger partial charge is 0.412 e. The summed E-state index contributed by atoms with van der Waals surface area (Å²) in [4.78, 5) is 24.5. The van der Waals surface area contributed by atoms with Crippen molar-refractivity contribution in [2.75, 3.05) is 24.8 Å². The number of benzene rings is 3. The zero-order chi connectivity index (χ0) is 26.6. The molecule has 3 aromatic carbocycles. The molecule has 0 unspecified atom stereocenters. The summed E-state index contributed by atoms with van der Waals surface area (Å²) in [5, 5.41) is 22.0. The number of amides is 1. The number of nitriles is 1. The van der Waals surface area contributed by atoms with Gasteiger partial charge in [-0.25, -0.2) is 4.79 Å². The maximum absolute atomic E-state index is 12.9. The zero-order valence-corrected chi connectivity index (χ0v) is 20.9. The van der Waals surface area contributed by atoms with Crippen LogP contribution in [0.1, 0.15) is 23.7 Å². The number of nitrogens with zero attached hydrogens (tertiary/aromatic N) is 1. The van der Waals surface area contributed by atoms with E-state index in [9.17, 15) is 14.7 Å². The summed E-state index contributed by atoms with van der Waals surface area (Å²) < 4.78 is 22.3. The average Bonchev–Trinajstić information content (AvgIpc) is 2.92. The number of ether oxygens (including phenoxy) is 4. The fourth-order valence-corrected chi connectivity index (χ4v) is 3.51. The first kappa shape index (κ1) is 27.2. The summed E-state index contributed by atoms with van der Waals surface area (Å²) >= 11 is 3.91. The highest BCUT2D eigenvalue weighted by Crippen LogP contribution is 2.34. The number of nitrogens with one attached hydrogen (secondary N) is 1. The number of esters is 1. The van der Waals surface area contributed by atoms with Gasteiger partial charge in [-0.05, 0) is 48.5 Å². The second-order valence-corrected chi connectivity index (χ2v) is 8.02. The van der Waals surface area contributed by atoms with Gasteiger partial charge in [-0.3, -0.25) is 10.1 Å². The Hall–Kier alpha value is -4.36. The van der Waals surface area contributed by atoms with E-state index in [0.29, 0.717) is 22.6 Å². The molecule has 10 heteroatoms. The van der Waals surface area contributed by atoms with Crippen molar-refractivity contribution in [1.29, 1.82) is 5.26 Å². The Labute approximate surface area is 219 Å². The highest BCUT2D eigenvalue weighted by Gasteiger charge is 2.30. The molecule has 0 saturated heterocycles. The Morgan fingerprint density at radius 2 is 1.81 bits per heavy atom. The van der Waals surface area contributed by atoms with E-state index in [1.165, 1.54) is 13.2 Å². The van der Waals surface area contributed by atoms with Crippen LogP contribution < -0.4 is 14.8 Å². The fraction of sp³-hybridized carbons (Fsp3) is 0.222. The van der Waals surface area contributed by atoms with E-state index in [1.807, 2.05) is 12.1 Å². The van der Waals surface area contributed by atoms with Gasteiger partial charge in [0.05, 0.1) is 31.1 Å². The lowest BCUT2D eigenvalue weighted by Crippen LogP contribution is -2.32. The Balaban J connectivity index is 1.90. The van der Waals surface area contributed by atoms with E-state index >= 15 is 0 Å². The Bertz CT molecular complexity index is 1230. The number of carbonyl (C=O) groups excluding carboxylic acids is 2. The van der Waals surface area contributed by atoms with Gasteiger partial charge >= 0.3 is 12.1 Å². The first-order valence-electron chi connectivity index (χ1n) is 11.3. The monoisotopic (exact) mass is 522 g/mol. The topological polar surface area (TPSA) is 127 Å². The molecule has 0 aliphatic heterocycles. The Morgan fingerprint density at radius 3 is 2.43 bits per heavy atom. The Morgan fingerprint density at radius 1 is 1.08 bits per heavy atom. The summed E-state index contributed by atoms with van der Waals surface area (Å²) in [5.41, 5.74) is 1.29. The zero-order valence-electron chi connectivity index (χ0n) is 20.0. The number of hydrogen-bond donors (Lipinski definition) is 3. The van der Waals surface area contributed by atoms with Crippen molar-refractivity contribution >= 4 is 30.4 Å². The molecule has 0 aliphatic carbocycles. The molecule has 3 aromatic rings. The predicted molar refractivity (Wildman–Crippen MR) is 139 cm³/mol. The average molecular weight is 523 g/mol. The lowest BCUT2D eigenvalue weighted by molar-refractivity contribution is -0.141. The van der Waals surface area contributed by atoms with Crippen LogP contribution in [0.15, 0.2) is 72.8 Å². The van der Waals surface area contributed by atoms with Crippen molar-refractivity contribution in [3.8, 4) is 23.3 Å². The molecule has 37 heavy (non-hydrogen) atoms. The maximum atomic E-state index is 12.9. The highest BCUT2D eigenvalue weighted by atomic mass is 32.1. The van der Waals surface area contributed by atoms with Crippen molar-refractivity contribution in [2.24, 2.45) is 0 Å². The van der Waals surface area contributed by atoms with Gasteiger partial charge in [-0.2, -0.15) is 17.9 Å². The number of hydrogen-bond acceptors (Lipinski definition) is 9. The molecule has 2 N–H and O–H groups in total. The molecule has 0 aliphatic rings. The van der Waals surface area contributed by atoms with Crippen LogP contribution in [0.3, 0.4) is 0 Å². The van der Waals surface area contributed by atoms with Crippen LogP contribution in [0.4, 0.5) is 10.5 Å². The molecular formula is C27H26N2O7S. The summed E-state index contributed by atoms with van der Waals surface area (Å²) in [6, 6.07) is 21.8. The first-order chi connectivity index (χ1) is 17.9. The number of rotatable bonds is 11. The molecule has 192 valence electrons. The van der Waals surface area contributed by atoms with Gasteiger partial charge in [0, 0.05) is 17.7 Å². The molecule has 1 amide bonds. The van der Waals surface area contributed by atoms with Gasteiger partial charge in [-0.1, -0.05) is 24.3 Å². The second kappa shape index (κ2) is 13.7. The van der Waals surface area contributed by atoms with Gasteiger partial charge in [0.2, 0.25) is 0 Å². The Kier molecular flexibility index (Phi) is 10.0. The fourth-order valence-electron chi connectivity index (χ4n) is 3.41. The van der Waals surface area contributed by atoms with Crippen molar-refractivity contribution in [3.05, 3.63) is 83.9 Å². The molecular weight excluding hydrogens is 496 g/mol. The molecule has 3 rings (SSSR count). The minimum absolute atomic E-state index is 0.0177. The van der Waals surface area contributed by atoms with E-state index in [1.54, 1.807) is 60.7 Å². The van der Waals surface area contributed by atoms with Gasteiger partial charge in [0.25, 0.3) is 0 Å². The van der Waals surface area contributed by atoms with Crippen LogP contribution in [-0.2, 0) is 14.3 Å². The summed E-state index contributed by atoms with van der Waals surface area (Å²) in [6.07, 6.45) is -2.46. The largest absolute Gasteiger partial charge is 0.504 e. The lowest BCUT2D eigenvalue weighted by atomic mass is 10.0. The van der Waals surface area contributed by atoms with Crippen LogP contribution in [0.2, 0.25) is 0 Å². The van der Waals surface area contributed by atoms with E-state index < -0.39 is 24.3 Å². The predicted octanol–water partition coefficient (Wildman–Crippen LogP) is 4.87. The van der Waals surface area contributed by atoms with Crippen molar-refractivity contribution < 1.29 is 33.6 Å². The number of para-hydroxylation sites is 1. The number of anilines is 1. The number of phenols is 1. The third-order valence-corrected chi connectivity index (χ3v) is 5.45. The summed E-state index contributed by atoms with van der Waals surface area (Å²) in [7, 11) is 1.42. The molecule has 0 heterocycles. The summed E-state index contributed by atoms with van der Waals surface area (Å²) in [5.74, 6) is 0.0179. The lowest BCUT2D eigenvalue weighted by Gasteiger charge is -2.28. The van der Waals surface area contributed by atoms with E-state index in [0.717, 1.165) is 0 Å². The van der Waals surface area contributed by atoms with Crippen LogP contribution >= 0.6 is 12.6 Å². The second-order valence-electron chi connectivity index (χ2n) is 7.71. The number of carbonyl (C=O) groups is 2. The maximum Gasteiger partial charge on any atom is 0.412 e. The van der Waals surface area contributed by atoms with Gasteiger partial charge in [-0.15, -0.1) is 0 Å². The van der Waals surface area contributed by atoms with Crippen molar-refractivity contribution in [3.63, 3.8) is 0 Å². The van der Waals surface area contributed by atoms with Crippen molar-refractivity contribution in [2.45, 2.75) is 18.6 Å². The first-order valence-corrected chi connectivity index (χ1v) is 11.9. The van der Waals surface area contributed by atoms with E-state index in [2.05, 4.69) is 17.9 Å². The molecule has 9 nitrogen and oxygen atoms in total. The molecule has 0 spiro atoms. The molecule has 0 fully saturated rings. The normalized spacial score (nSPS) is 11.9. The molecule has 0 radical (unpaired) electrons. The number of thiol groups is 1. The van der Waals surface area contributed by atoms with Crippen LogP contribution in [0.25, 0.3) is 0 Å². The minimum atomic E-state index is -1.02. The third-order valence-electron chi connectivity index (χ3n) is 5.19.